The van der Waals surface area contributed by atoms with Crippen LogP contribution in [-0.4, -0.2) is 56.2 Å². The first-order valence-corrected chi connectivity index (χ1v) is 14.2. The SMILES string of the molecule is COc1ccc([C@@H](NC(=O)N2CC[C@@H](O)C2)C(=O)Cc2ccc([Si](C)(C)C)cc2)cc1. The number of hydrogen-bond donors (Lipinski definition) is 2. The van der Waals surface area contributed by atoms with E-state index in [0.717, 1.165) is 5.56 Å². The number of nitrogens with zero attached hydrogens (tertiary/aromatic N) is 1. The van der Waals surface area contributed by atoms with E-state index >= 15 is 0 Å². The lowest BCUT2D eigenvalue weighted by Gasteiger charge is -2.23. The molecule has 3 rings (SSSR count). The van der Waals surface area contributed by atoms with E-state index in [1.165, 1.54) is 5.19 Å². The number of benzene rings is 2. The topological polar surface area (TPSA) is 78.9 Å². The highest BCUT2D eigenvalue weighted by Gasteiger charge is 2.29. The summed E-state index contributed by atoms with van der Waals surface area (Å²) in [5.74, 6) is 0.602. The second kappa shape index (κ2) is 9.66. The molecule has 0 saturated carbocycles. The maximum Gasteiger partial charge on any atom is 0.318 e. The highest BCUT2D eigenvalue weighted by atomic mass is 28.3. The smallest absolute Gasteiger partial charge is 0.318 e. The summed E-state index contributed by atoms with van der Waals surface area (Å²) in [5, 5.41) is 14.0. The molecule has 0 spiro atoms. The van der Waals surface area contributed by atoms with Crippen molar-refractivity contribution in [2.75, 3.05) is 20.2 Å². The molecule has 2 N–H and O–H groups in total. The summed E-state index contributed by atoms with van der Waals surface area (Å²) < 4.78 is 5.21. The lowest BCUT2D eigenvalue weighted by Crippen LogP contribution is -2.43. The molecule has 1 heterocycles. The number of urea groups is 1. The van der Waals surface area contributed by atoms with E-state index in [1.807, 2.05) is 12.1 Å². The number of likely N-dealkylation sites (tertiary alicyclic amines) is 1. The van der Waals surface area contributed by atoms with E-state index in [9.17, 15) is 14.7 Å². The van der Waals surface area contributed by atoms with Crippen LogP contribution < -0.4 is 15.2 Å². The Hall–Kier alpha value is -2.64. The normalized spacial score (nSPS) is 17.3. The van der Waals surface area contributed by atoms with Crippen molar-refractivity contribution < 1.29 is 19.4 Å². The summed E-state index contributed by atoms with van der Waals surface area (Å²) in [6.07, 6.45) is 0.273. The average Bonchev–Trinajstić information content (AvgIpc) is 3.18. The summed E-state index contributed by atoms with van der Waals surface area (Å²) in [6, 6.07) is 14.3. The van der Waals surface area contributed by atoms with Crippen LogP contribution in [0.1, 0.15) is 23.6 Å². The molecular weight excluding hydrogens is 408 g/mol. The number of Topliss-reactive ketones (excluding diaryl/α,β-unsaturated/α-hetero) is 1. The zero-order valence-electron chi connectivity index (χ0n) is 18.7. The van der Waals surface area contributed by atoms with Gasteiger partial charge in [0.05, 0.1) is 21.3 Å². The molecule has 0 aromatic heterocycles. The second-order valence-electron chi connectivity index (χ2n) is 9.13. The largest absolute Gasteiger partial charge is 0.497 e. The first kappa shape index (κ1) is 23.0. The molecule has 1 aliphatic rings. The monoisotopic (exact) mass is 440 g/mol. The molecule has 0 aliphatic carbocycles. The van der Waals surface area contributed by atoms with Crippen LogP contribution in [0.2, 0.25) is 19.6 Å². The zero-order valence-corrected chi connectivity index (χ0v) is 19.7. The molecule has 2 aromatic rings. The van der Waals surface area contributed by atoms with Gasteiger partial charge in [0.1, 0.15) is 11.8 Å². The Bertz CT molecular complexity index is 907. The number of nitrogens with one attached hydrogen (secondary N) is 1. The van der Waals surface area contributed by atoms with Crippen LogP contribution in [0.25, 0.3) is 0 Å². The number of aliphatic hydroxyl groups is 1. The maximum atomic E-state index is 13.3. The predicted molar refractivity (Wildman–Crippen MR) is 125 cm³/mol. The van der Waals surface area contributed by atoms with E-state index in [4.69, 9.17) is 4.74 Å². The van der Waals surface area contributed by atoms with Gasteiger partial charge in [0.15, 0.2) is 5.78 Å². The van der Waals surface area contributed by atoms with Gasteiger partial charge in [0.2, 0.25) is 0 Å². The van der Waals surface area contributed by atoms with E-state index in [1.54, 1.807) is 36.3 Å². The van der Waals surface area contributed by atoms with Crippen molar-refractivity contribution >= 4 is 25.1 Å². The standard InChI is InChI=1S/C24H32N2O4Si/c1-30-20-9-7-18(8-10-20)23(25-24(29)26-14-13-19(27)16-26)22(28)15-17-5-11-21(12-6-17)31(2,3)4/h5-12,19,23,27H,13-16H2,1-4H3,(H,25,29)/t19-,23-/m1/s1. The van der Waals surface area contributed by atoms with E-state index in [2.05, 4.69) is 37.1 Å². The Morgan fingerprint density at radius 3 is 2.29 bits per heavy atom. The van der Waals surface area contributed by atoms with Crippen molar-refractivity contribution in [3.05, 3.63) is 59.7 Å². The van der Waals surface area contributed by atoms with Gasteiger partial charge in [-0.15, -0.1) is 0 Å². The Morgan fingerprint density at radius 1 is 1.13 bits per heavy atom. The zero-order chi connectivity index (χ0) is 22.6. The Morgan fingerprint density at radius 2 is 1.77 bits per heavy atom. The van der Waals surface area contributed by atoms with Crippen molar-refractivity contribution in [2.45, 2.75) is 44.6 Å². The number of aliphatic hydroxyl groups excluding tert-OH is 1. The van der Waals surface area contributed by atoms with Crippen molar-refractivity contribution in [1.82, 2.24) is 10.2 Å². The molecule has 0 bridgehead atoms. The summed E-state index contributed by atoms with van der Waals surface area (Å²) >= 11 is 0. The molecule has 2 amide bonds. The third kappa shape index (κ3) is 5.95. The summed E-state index contributed by atoms with van der Waals surface area (Å²) in [5.41, 5.74) is 1.63. The van der Waals surface area contributed by atoms with Gasteiger partial charge in [-0.1, -0.05) is 61.2 Å². The molecule has 7 heteroatoms. The van der Waals surface area contributed by atoms with Crippen LogP contribution in [-0.2, 0) is 11.2 Å². The molecule has 166 valence electrons. The lowest BCUT2D eigenvalue weighted by atomic mass is 9.97. The van der Waals surface area contributed by atoms with Gasteiger partial charge in [-0.05, 0) is 29.7 Å². The molecule has 2 aromatic carbocycles. The van der Waals surface area contributed by atoms with Gasteiger partial charge in [0, 0.05) is 19.5 Å². The molecule has 0 unspecified atom stereocenters. The van der Waals surface area contributed by atoms with Gasteiger partial charge in [0.25, 0.3) is 0 Å². The first-order valence-electron chi connectivity index (χ1n) is 10.7. The van der Waals surface area contributed by atoms with Crippen LogP contribution in [0.5, 0.6) is 5.75 Å². The number of carbonyl (C=O) groups excluding carboxylic acids is 2. The third-order valence-corrected chi connectivity index (χ3v) is 7.75. The number of carbonyl (C=O) groups is 2. The van der Waals surface area contributed by atoms with E-state index < -0.39 is 20.2 Å². The Labute approximate surface area is 185 Å². The number of amides is 2. The lowest BCUT2D eigenvalue weighted by molar-refractivity contribution is -0.120. The Kier molecular flexibility index (Phi) is 7.18. The minimum absolute atomic E-state index is 0.0842. The Balaban J connectivity index is 1.78. The van der Waals surface area contributed by atoms with Crippen molar-refractivity contribution in [3.8, 4) is 5.75 Å². The predicted octanol–water partition coefficient (Wildman–Crippen LogP) is 2.87. The first-order chi connectivity index (χ1) is 14.7. The maximum absolute atomic E-state index is 13.3. The fraction of sp³-hybridized carbons (Fsp3) is 0.417. The van der Waals surface area contributed by atoms with Crippen LogP contribution in [0.4, 0.5) is 4.79 Å². The number of rotatable bonds is 7. The summed E-state index contributed by atoms with van der Waals surface area (Å²) in [6.45, 7) is 7.63. The molecule has 1 aliphatic heterocycles. The third-order valence-electron chi connectivity index (χ3n) is 5.69. The van der Waals surface area contributed by atoms with Gasteiger partial charge in [-0.3, -0.25) is 4.79 Å². The number of β-amino-alcohol motifs (C(OH)–C–C–N with tert-alkyl or cyclic N) is 1. The average molecular weight is 441 g/mol. The molecule has 6 nitrogen and oxygen atoms in total. The van der Waals surface area contributed by atoms with Crippen LogP contribution in [0.15, 0.2) is 48.5 Å². The highest BCUT2D eigenvalue weighted by Crippen LogP contribution is 2.21. The van der Waals surface area contributed by atoms with Crippen molar-refractivity contribution in [3.63, 3.8) is 0 Å². The molecular formula is C24H32N2O4Si. The number of hydrogen-bond acceptors (Lipinski definition) is 4. The quantitative estimate of drug-likeness (QED) is 0.649. The highest BCUT2D eigenvalue weighted by molar-refractivity contribution is 6.88. The summed E-state index contributed by atoms with van der Waals surface area (Å²) in [4.78, 5) is 27.6. The second-order valence-corrected chi connectivity index (χ2v) is 14.2. The van der Waals surface area contributed by atoms with Gasteiger partial charge in [-0.25, -0.2) is 4.79 Å². The van der Waals surface area contributed by atoms with Crippen molar-refractivity contribution in [2.24, 2.45) is 0 Å². The van der Waals surface area contributed by atoms with E-state index in [-0.39, 0.29) is 24.8 Å². The number of ether oxygens (including phenoxy) is 1. The molecule has 2 atom stereocenters. The minimum atomic E-state index is -1.40. The van der Waals surface area contributed by atoms with Crippen LogP contribution >= 0.6 is 0 Å². The number of ketones is 1. The van der Waals surface area contributed by atoms with Gasteiger partial charge in [-0.2, -0.15) is 0 Å². The van der Waals surface area contributed by atoms with E-state index in [0.29, 0.717) is 24.3 Å². The minimum Gasteiger partial charge on any atom is -0.497 e. The van der Waals surface area contributed by atoms with Gasteiger partial charge < -0.3 is 20.1 Å². The van der Waals surface area contributed by atoms with Gasteiger partial charge >= 0.3 is 6.03 Å². The fourth-order valence-electron chi connectivity index (χ4n) is 3.71. The summed E-state index contributed by atoms with van der Waals surface area (Å²) in [7, 11) is 0.183. The van der Waals surface area contributed by atoms with Crippen LogP contribution in [0, 0.1) is 0 Å². The number of methoxy groups -OCH3 is 1. The molecule has 1 fully saturated rings. The van der Waals surface area contributed by atoms with Crippen LogP contribution in [0.3, 0.4) is 0 Å². The fourth-order valence-corrected chi connectivity index (χ4v) is 4.88. The molecule has 0 radical (unpaired) electrons. The molecule has 31 heavy (non-hydrogen) atoms. The van der Waals surface area contributed by atoms with Crippen molar-refractivity contribution in [1.29, 1.82) is 0 Å². The molecule has 1 saturated heterocycles.